The Morgan fingerprint density at radius 3 is 2.54 bits per heavy atom. The molecule has 0 heterocycles. The summed E-state index contributed by atoms with van der Waals surface area (Å²) in [5.41, 5.74) is 6.45. The van der Waals surface area contributed by atoms with Crippen molar-refractivity contribution in [3.8, 4) is 0 Å². The molecule has 0 unspecified atom stereocenters. The lowest BCUT2D eigenvalue weighted by molar-refractivity contribution is 0.110. The van der Waals surface area contributed by atoms with Crippen LogP contribution >= 0.6 is 23.2 Å². The van der Waals surface area contributed by atoms with Crippen molar-refractivity contribution in [1.82, 2.24) is 0 Å². The zero-order valence-electron chi connectivity index (χ0n) is 7.26. The topological polar surface area (TPSA) is 35.2 Å². The number of halogens is 2. The number of rotatable bonds is 3. The van der Waals surface area contributed by atoms with Gasteiger partial charge in [-0.15, -0.1) is 0 Å². The van der Waals surface area contributed by atoms with Crippen molar-refractivity contribution in [2.45, 2.75) is 6.10 Å². The first-order chi connectivity index (χ1) is 6.19. The Morgan fingerprint density at radius 2 is 2.08 bits per heavy atom. The zero-order valence-corrected chi connectivity index (χ0v) is 8.77. The molecule has 0 radical (unpaired) electrons. The maximum atomic E-state index is 5.84. The van der Waals surface area contributed by atoms with Crippen molar-refractivity contribution in [2.75, 3.05) is 13.7 Å². The molecule has 13 heavy (non-hydrogen) atoms. The Balaban J connectivity index is 2.95. The summed E-state index contributed by atoms with van der Waals surface area (Å²) in [5, 5.41) is 1.06. The van der Waals surface area contributed by atoms with Gasteiger partial charge in [0.25, 0.3) is 0 Å². The summed E-state index contributed by atoms with van der Waals surface area (Å²) < 4.78 is 5.15. The summed E-state index contributed by atoms with van der Waals surface area (Å²) in [4.78, 5) is 0. The van der Waals surface area contributed by atoms with Gasteiger partial charge in [0, 0.05) is 13.7 Å². The Kier molecular flexibility index (Phi) is 4.00. The molecule has 2 N–H and O–H groups in total. The average Bonchev–Trinajstić information content (AvgIpc) is 2.13. The van der Waals surface area contributed by atoms with Crippen LogP contribution in [0.1, 0.15) is 11.7 Å². The minimum Gasteiger partial charge on any atom is -0.375 e. The average molecular weight is 220 g/mol. The van der Waals surface area contributed by atoms with Crippen LogP contribution in [0.3, 0.4) is 0 Å². The first-order valence-corrected chi connectivity index (χ1v) is 4.62. The van der Waals surface area contributed by atoms with E-state index in [1.54, 1.807) is 19.2 Å². The van der Waals surface area contributed by atoms with Crippen LogP contribution in [0, 0.1) is 0 Å². The van der Waals surface area contributed by atoms with Crippen LogP contribution in [0.15, 0.2) is 18.2 Å². The minimum atomic E-state index is -0.116. The molecule has 0 saturated heterocycles. The minimum absolute atomic E-state index is 0.116. The van der Waals surface area contributed by atoms with Gasteiger partial charge in [-0.05, 0) is 17.7 Å². The summed E-state index contributed by atoms with van der Waals surface area (Å²) >= 11 is 11.6. The SMILES string of the molecule is CO[C@@H](CN)c1ccc(Cl)c(Cl)c1. The van der Waals surface area contributed by atoms with Gasteiger partial charge in [0.2, 0.25) is 0 Å². The quantitative estimate of drug-likeness (QED) is 0.849. The monoisotopic (exact) mass is 219 g/mol. The molecule has 0 amide bonds. The van der Waals surface area contributed by atoms with Gasteiger partial charge in [0.15, 0.2) is 0 Å². The molecule has 0 aliphatic heterocycles. The predicted molar refractivity (Wildman–Crippen MR) is 55.3 cm³/mol. The largest absolute Gasteiger partial charge is 0.375 e. The van der Waals surface area contributed by atoms with E-state index >= 15 is 0 Å². The van der Waals surface area contributed by atoms with E-state index in [9.17, 15) is 0 Å². The normalized spacial score (nSPS) is 12.9. The molecule has 1 atom stereocenters. The van der Waals surface area contributed by atoms with Crippen molar-refractivity contribution in [3.63, 3.8) is 0 Å². The van der Waals surface area contributed by atoms with Gasteiger partial charge in [0.05, 0.1) is 16.1 Å². The second kappa shape index (κ2) is 4.82. The van der Waals surface area contributed by atoms with E-state index in [0.717, 1.165) is 5.56 Å². The lowest BCUT2D eigenvalue weighted by Gasteiger charge is -2.13. The number of benzene rings is 1. The van der Waals surface area contributed by atoms with Gasteiger partial charge in [-0.1, -0.05) is 29.3 Å². The number of nitrogens with two attached hydrogens (primary N) is 1. The fourth-order valence-corrected chi connectivity index (χ4v) is 1.39. The molecule has 0 fully saturated rings. The van der Waals surface area contributed by atoms with Crippen molar-refractivity contribution >= 4 is 23.2 Å². The van der Waals surface area contributed by atoms with Crippen LogP contribution < -0.4 is 5.73 Å². The van der Waals surface area contributed by atoms with Gasteiger partial charge in [0.1, 0.15) is 0 Å². The Morgan fingerprint density at radius 1 is 1.38 bits per heavy atom. The summed E-state index contributed by atoms with van der Waals surface area (Å²) in [6.45, 7) is 0.425. The highest BCUT2D eigenvalue weighted by Crippen LogP contribution is 2.26. The zero-order chi connectivity index (χ0) is 9.84. The van der Waals surface area contributed by atoms with E-state index in [0.29, 0.717) is 16.6 Å². The Labute approximate surface area is 87.6 Å². The van der Waals surface area contributed by atoms with E-state index in [4.69, 9.17) is 33.7 Å². The van der Waals surface area contributed by atoms with Gasteiger partial charge < -0.3 is 10.5 Å². The number of ether oxygens (including phenoxy) is 1. The van der Waals surface area contributed by atoms with Crippen LogP contribution in [0.25, 0.3) is 0 Å². The number of methoxy groups -OCH3 is 1. The lowest BCUT2D eigenvalue weighted by atomic mass is 10.1. The molecule has 0 bridgehead atoms. The highest BCUT2D eigenvalue weighted by molar-refractivity contribution is 6.42. The van der Waals surface area contributed by atoms with Crippen LogP contribution in [-0.4, -0.2) is 13.7 Å². The second-order valence-corrected chi connectivity index (χ2v) is 3.45. The van der Waals surface area contributed by atoms with Gasteiger partial charge in [-0.25, -0.2) is 0 Å². The molecule has 1 aromatic rings. The molecule has 1 rings (SSSR count). The molecule has 0 aliphatic rings. The smallest absolute Gasteiger partial charge is 0.0943 e. The number of hydrogen-bond donors (Lipinski definition) is 1. The first-order valence-electron chi connectivity index (χ1n) is 3.87. The molecule has 1 aromatic carbocycles. The highest BCUT2D eigenvalue weighted by Gasteiger charge is 2.09. The summed E-state index contributed by atoms with van der Waals surface area (Å²) in [5.74, 6) is 0. The van der Waals surface area contributed by atoms with Gasteiger partial charge in [-0.3, -0.25) is 0 Å². The summed E-state index contributed by atoms with van der Waals surface area (Å²) in [7, 11) is 1.61. The third-order valence-electron chi connectivity index (χ3n) is 1.81. The van der Waals surface area contributed by atoms with Crippen molar-refractivity contribution in [3.05, 3.63) is 33.8 Å². The molecule has 2 nitrogen and oxygen atoms in total. The molecule has 0 spiro atoms. The summed E-state index contributed by atoms with van der Waals surface area (Å²) in [6.07, 6.45) is -0.116. The summed E-state index contributed by atoms with van der Waals surface area (Å²) in [6, 6.07) is 5.36. The molecule has 0 aromatic heterocycles. The number of hydrogen-bond acceptors (Lipinski definition) is 2. The van der Waals surface area contributed by atoms with Crippen LogP contribution in [0.2, 0.25) is 10.0 Å². The van der Waals surface area contributed by atoms with Crippen LogP contribution in [0.4, 0.5) is 0 Å². The van der Waals surface area contributed by atoms with E-state index in [1.807, 2.05) is 6.07 Å². The first kappa shape index (κ1) is 10.8. The standard InChI is InChI=1S/C9H11Cl2NO/c1-13-9(5-12)6-2-3-7(10)8(11)4-6/h2-4,9H,5,12H2,1H3/t9-/m0/s1. The van der Waals surface area contributed by atoms with E-state index in [2.05, 4.69) is 0 Å². The van der Waals surface area contributed by atoms with E-state index < -0.39 is 0 Å². The second-order valence-electron chi connectivity index (χ2n) is 2.63. The maximum absolute atomic E-state index is 5.84. The molecule has 0 aliphatic carbocycles. The van der Waals surface area contributed by atoms with Crippen molar-refractivity contribution < 1.29 is 4.74 Å². The molecule has 0 saturated carbocycles. The highest BCUT2D eigenvalue weighted by atomic mass is 35.5. The third-order valence-corrected chi connectivity index (χ3v) is 2.55. The van der Waals surface area contributed by atoms with Crippen molar-refractivity contribution in [1.29, 1.82) is 0 Å². The molecule has 72 valence electrons. The molecular formula is C9H11Cl2NO. The fourth-order valence-electron chi connectivity index (χ4n) is 1.08. The predicted octanol–water partition coefficient (Wildman–Crippen LogP) is 2.64. The fraction of sp³-hybridized carbons (Fsp3) is 0.333. The van der Waals surface area contributed by atoms with Gasteiger partial charge in [-0.2, -0.15) is 0 Å². The molecular weight excluding hydrogens is 209 g/mol. The Hall–Kier alpha value is -0.280. The lowest BCUT2D eigenvalue weighted by Crippen LogP contribution is -2.13. The van der Waals surface area contributed by atoms with Crippen LogP contribution in [-0.2, 0) is 4.74 Å². The van der Waals surface area contributed by atoms with E-state index in [-0.39, 0.29) is 6.10 Å². The Bertz CT molecular complexity index is 287. The van der Waals surface area contributed by atoms with Gasteiger partial charge >= 0.3 is 0 Å². The van der Waals surface area contributed by atoms with Crippen LogP contribution in [0.5, 0.6) is 0 Å². The van der Waals surface area contributed by atoms with E-state index in [1.165, 1.54) is 0 Å². The molecule has 4 heteroatoms. The third kappa shape index (κ3) is 2.58. The van der Waals surface area contributed by atoms with Crippen molar-refractivity contribution in [2.24, 2.45) is 5.73 Å². The maximum Gasteiger partial charge on any atom is 0.0943 e.